The van der Waals surface area contributed by atoms with E-state index in [1.807, 2.05) is 0 Å². The molecule has 0 radical (unpaired) electrons. The first-order valence-corrected chi connectivity index (χ1v) is 2.91. The second-order valence-electron chi connectivity index (χ2n) is 1.38. The fraction of sp³-hybridized carbons (Fsp3) is 0. The van der Waals surface area contributed by atoms with Gasteiger partial charge in [-0.1, -0.05) is 5.16 Å². The van der Waals surface area contributed by atoms with Crippen LogP contribution >= 0.6 is 15.9 Å². The number of carbonyl (C=O) groups is 1. The van der Waals surface area contributed by atoms with Gasteiger partial charge in [-0.05, 0) is 15.9 Å². The van der Waals surface area contributed by atoms with Gasteiger partial charge in [-0.25, -0.2) is 0 Å². The van der Waals surface area contributed by atoms with Crippen molar-refractivity contribution in [3.05, 3.63) is 16.4 Å². The Morgan fingerprint density at radius 1 is 1.89 bits per heavy atom. The number of primary amides is 1. The Morgan fingerprint density at radius 3 is 2.78 bits per heavy atom. The highest BCUT2D eigenvalue weighted by atomic mass is 79.9. The molecule has 0 fully saturated rings. The molecule has 1 aromatic heterocycles. The molecule has 0 aromatic carbocycles. The summed E-state index contributed by atoms with van der Waals surface area (Å²) in [7, 11) is 0. The van der Waals surface area contributed by atoms with Crippen molar-refractivity contribution in [2.45, 2.75) is 0 Å². The zero-order chi connectivity index (χ0) is 6.85. The maximum atomic E-state index is 10.4. The summed E-state index contributed by atoms with van der Waals surface area (Å²) < 4.78 is 4.89. The number of amides is 1. The lowest BCUT2D eigenvalue weighted by Crippen LogP contribution is -2.11. The summed E-state index contributed by atoms with van der Waals surface area (Å²) in [5, 5.41) is 3.32. The fourth-order valence-corrected chi connectivity index (χ4v) is 0.739. The second kappa shape index (κ2) is 2.18. The van der Waals surface area contributed by atoms with E-state index in [0.717, 1.165) is 0 Å². The number of rotatable bonds is 1. The summed E-state index contributed by atoms with van der Waals surface area (Å²) in [4.78, 5) is 10.4. The zero-order valence-electron chi connectivity index (χ0n) is 4.30. The Hall–Kier alpha value is -0.840. The van der Waals surface area contributed by atoms with Crippen LogP contribution in [0.4, 0.5) is 0 Å². The number of carbonyl (C=O) groups excluding carboxylic acids is 1. The molecule has 0 bridgehead atoms. The second-order valence-corrected chi connectivity index (χ2v) is 2.23. The van der Waals surface area contributed by atoms with E-state index in [-0.39, 0.29) is 5.69 Å². The molecule has 9 heavy (non-hydrogen) atoms. The van der Waals surface area contributed by atoms with Crippen LogP contribution in [0.1, 0.15) is 10.5 Å². The maximum absolute atomic E-state index is 10.4. The molecule has 0 aliphatic rings. The first kappa shape index (κ1) is 6.28. The standard InChI is InChI=1S/C4H3BrN2O2/c5-2-1-9-7-3(2)4(6)8/h1H,(H2,6,8). The molecule has 1 amide bonds. The number of nitrogens with zero attached hydrogens (tertiary/aromatic N) is 1. The third-order valence-electron chi connectivity index (χ3n) is 0.760. The highest BCUT2D eigenvalue weighted by molar-refractivity contribution is 9.10. The Labute approximate surface area is 59.1 Å². The number of hydrogen-bond donors (Lipinski definition) is 1. The number of halogens is 1. The topological polar surface area (TPSA) is 69.1 Å². The van der Waals surface area contributed by atoms with Crippen molar-refractivity contribution in [1.82, 2.24) is 5.16 Å². The smallest absolute Gasteiger partial charge is 0.272 e. The van der Waals surface area contributed by atoms with Crippen LogP contribution in [0, 0.1) is 0 Å². The largest absolute Gasteiger partial charge is 0.364 e. The van der Waals surface area contributed by atoms with Crippen molar-refractivity contribution < 1.29 is 9.32 Å². The summed E-state index contributed by atoms with van der Waals surface area (Å²) >= 11 is 3.01. The van der Waals surface area contributed by atoms with E-state index in [0.29, 0.717) is 4.47 Å². The van der Waals surface area contributed by atoms with Gasteiger partial charge < -0.3 is 10.3 Å². The molecule has 0 atom stereocenters. The van der Waals surface area contributed by atoms with Gasteiger partial charge in [0.25, 0.3) is 5.91 Å². The van der Waals surface area contributed by atoms with Crippen molar-refractivity contribution >= 4 is 21.8 Å². The average Bonchev–Trinajstić information content (AvgIpc) is 2.13. The fourth-order valence-electron chi connectivity index (χ4n) is 0.387. The lowest BCUT2D eigenvalue weighted by Gasteiger charge is -1.81. The van der Waals surface area contributed by atoms with Crippen LogP contribution in [0.2, 0.25) is 0 Å². The number of aromatic nitrogens is 1. The van der Waals surface area contributed by atoms with E-state index in [9.17, 15) is 4.79 Å². The van der Waals surface area contributed by atoms with Crippen LogP contribution in [-0.4, -0.2) is 11.1 Å². The van der Waals surface area contributed by atoms with Gasteiger partial charge in [-0.2, -0.15) is 0 Å². The molecule has 0 aliphatic carbocycles. The van der Waals surface area contributed by atoms with E-state index in [2.05, 4.69) is 25.6 Å². The van der Waals surface area contributed by atoms with Gasteiger partial charge >= 0.3 is 0 Å². The normalized spacial score (nSPS) is 9.44. The van der Waals surface area contributed by atoms with Crippen molar-refractivity contribution in [3.63, 3.8) is 0 Å². The summed E-state index contributed by atoms with van der Waals surface area (Å²) in [6, 6.07) is 0. The Morgan fingerprint density at radius 2 is 2.56 bits per heavy atom. The molecule has 0 aliphatic heterocycles. The molecule has 0 spiro atoms. The van der Waals surface area contributed by atoms with Crippen LogP contribution in [-0.2, 0) is 0 Å². The van der Waals surface area contributed by atoms with Gasteiger partial charge in [0.05, 0.1) is 4.47 Å². The highest BCUT2D eigenvalue weighted by Gasteiger charge is 2.08. The molecular formula is C4H3BrN2O2. The van der Waals surface area contributed by atoms with E-state index < -0.39 is 5.91 Å². The minimum Gasteiger partial charge on any atom is -0.364 e. The van der Waals surface area contributed by atoms with Gasteiger partial charge in [-0.3, -0.25) is 4.79 Å². The molecule has 1 rings (SSSR count). The highest BCUT2D eigenvalue weighted by Crippen LogP contribution is 2.12. The SMILES string of the molecule is NC(=O)c1nocc1Br. The third-order valence-corrected chi connectivity index (χ3v) is 1.32. The number of nitrogens with two attached hydrogens (primary N) is 1. The van der Waals surface area contributed by atoms with Crippen molar-refractivity contribution in [1.29, 1.82) is 0 Å². The van der Waals surface area contributed by atoms with Crippen LogP contribution < -0.4 is 5.73 Å². The maximum Gasteiger partial charge on any atom is 0.272 e. The Bertz CT molecular complexity index is 232. The Balaban J connectivity index is 3.08. The van der Waals surface area contributed by atoms with Crippen molar-refractivity contribution in [2.24, 2.45) is 5.73 Å². The van der Waals surface area contributed by atoms with Gasteiger partial charge in [0.1, 0.15) is 6.26 Å². The first-order chi connectivity index (χ1) is 4.22. The Kier molecular flexibility index (Phi) is 1.52. The van der Waals surface area contributed by atoms with E-state index in [1.165, 1.54) is 6.26 Å². The molecule has 0 saturated heterocycles. The van der Waals surface area contributed by atoms with E-state index in [1.54, 1.807) is 0 Å². The van der Waals surface area contributed by atoms with E-state index >= 15 is 0 Å². The zero-order valence-corrected chi connectivity index (χ0v) is 5.88. The first-order valence-electron chi connectivity index (χ1n) is 2.11. The predicted octanol–water partition coefficient (Wildman–Crippen LogP) is 0.536. The minimum atomic E-state index is -0.601. The molecule has 0 unspecified atom stereocenters. The molecule has 48 valence electrons. The lowest BCUT2D eigenvalue weighted by molar-refractivity contribution is 0.0991. The third kappa shape index (κ3) is 1.10. The van der Waals surface area contributed by atoms with Gasteiger partial charge in [0.15, 0.2) is 5.69 Å². The van der Waals surface area contributed by atoms with Crippen molar-refractivity contribution in [2.75, 3.05) is 0 Å². The van der Waals surface area contributed by atoms with Gasteiger partial charge in [0, 0.05) is 0 Å². The molecule has 5 heteroatoms. The summed E-state index contributed by atoms with van der Waals surface area (Å²) in [6.07, 6.45) is 1.29. The molecule has 4 nitrogen and oxygen atoms in total. The molecule has 0 saturated carbocycles. The average molecular weight is 191 g/mol. The van der Waals surface area contributed by atoms with Gasteiger partial charge in [-0.15, -0.1) is 0 Å². The lowest BCUT2D eigenvalue weighted by atomic mass is 10.4. The summed E-state index contributed by atoms with van der Waals surface area (Å²) in [5.41, 5.74) is 4.99. The quantitative estimate of drug-likeness (QED) is 0.703. The molecule has 1 aromatic rings. The van der Waals surface area contributed by atoms with Crippen LogP contribution in [0.3, 0.4) is 0 Å². The minimum absolute atomic E-state index is 0.120. The van der Waals surface area contributed by atoms with Crippen LogP contribution in [0.25, 0.3) is 0 Å². The van der Waals surface area contributed by atoms with Crippen LogP contribution in [0.5, 0.6) is 0 Å². The van der Waals surface area contributed by atoms with Gasteiger partial charge in [0.2, 0.25) is 0 Å². The van der Waals surface area contributed by atoms with E-state index in [4.69, 9.17) is 5.73 Å². The molecule has 1 heterocycles. The monoisotopic (exact) mass is 190 g/mol. The summed E-state index contributed by atoms with van der Waals surface area (Å²) in [6.45, 7) is 0. The summed E-state index contributed by atoms with van der Waals surface area (Å²) in [5.74, 6) is -0.601. The molecule has 2 N–H and O–H groups in total. The van der Waals surface area contributed by atoms with Crippen molar-refractivity contribution in [3.8, 4) is 0 Å². The predicted molar refractivity (Wildman–Crippen MR) is 32.7 cm³/mol. The van der Waals surface area contributed by atoms with Crippen LogP contribution in [0.15, 0.2) is 15.3 Å². The number of hydrogen-bond acceptors (Lipinski definition) is 3. The molecular weight excluding hydrogens is 188 g/mol.